The van der Waals surface area contributed by atoms with Crippen LogP contribution in [0.4, 0.5) is 0 Å². The fourth-order valence-corrected chi connectivity index (χ4v) is 1.57. The molecule has 0 aromatic carbocycles. The van der Waals surface area contributed by atoms with Crippen molar-refractivity contribution in [3.05, 3.63) is 22.3 Å². The van der Waals surface area contributed by atoms with Crippen molar-refractivity contribution in [1.82, 2.24) is 0 Å². The van der Waals surface area contributed by atoms with Crippen molar-refractivity contribution in [2.24, 2.45) is 5.92 Å². The van der Waals surface area contributed by atoms with Gasteiger partial charge in [-0.2, -0.15) is 0 Å². The van der Waals surface area contributed by atoms with Gasteiger partial charge in [0, 0.05) is 0 Å². The van der Waals surface area contributed by atoms with Crippen molar-refractivity contribution in [1.29, 1.82) is 0 Å². The zero-order valence-electron chi connectivity index (χ0n) is 17.0. The molecule has 0 bridgehead atoms. The first kappa shape index (κ1) is 30.9. The molecule has 0 heterocycles. The van der Waals surface area contributed by atoms with Crippen molar-refractivity contribution >= 4 is 0 Å². The van der Waals surface area contributed by atoms with Crippen LogP contribution in [0.15, 0.2) is 22.3 Å². The molecule has 0 saturated carbocycles. The van der Waals surface area contributed by atoms with E-state index in [1.807, 2.05) is 0 Å². The molecule has 3 nitrogen and oxygen atoms in total. The molecular weight excluding hydrogens is 324 g/mol. The first-order valence-electron chi connectivity index (χ1n) is 8.08. The largest absolute Gasteiger partial charge is 3.00 e. The molecule has 23 heavy (non-hydrogen) atoms. The Bertz CT molecular complexity index is 296. The number of hydrogen-bond acceptors (Lipinski definition) is 3. The van der Waals surface area contributed by atoms with Crippen LogP contribution in [0.3, 0.4) is 0 Å². The average Bonchev–Trinajstić information content (AvgIpc) is 2.45. The molecule has 1 aliphatic rings. The van der Waals surface area contributed by atoms with Crippen LogP contribution >= 0.6 is 0 Å². The molecule has 0 unspecified atom stereocenters. The van der Waals surface area contributed by atoms with E-state index in [-0.39, 0.29) is 21.7 Å². The second-order valence-corrected chi connectivity index (χ2v) is 6.48. The van der Waals surface area contributed by atoms with E-state index < -0.39 is 18.3 Å². The molecular formula is C19H37O3Ti. The molecule has 0 N–H and O–H groups in total. The molecule has 0 atom stereocenters. The summed E-state index contributed by atoms with van der Waals surface area (Å²) in [5.74, 6) is 0.694. The minimum Gasteiger partial charge on any atom is -0.852 e. The first-order chi connectivity index (χ1) is 9.75. The fourth-order valence-electron chi connectivity index (χ4n) is 1.57. The number of rotatable bonds is 0. The van der Waals surface area contributed by atoms with Gasteiger partial charge < -0.3 is 15.3 Å². The SMILES string of the molecule is CC(C)[O-].CC(C)[O-].CC(C)[O-].CC1=C(C)C(C)C(C)=C1C.[Ti+3]. The maximum Gasteiger partial charge on any atom is 3.00 e. The Morgan fingerprint density at radius 2 is 0.739 bits per heavy atom. The molecule has 0 fully saturated rings. The molecule has 1 radical (unpaired) electrons. The van der Waals surface area contributed by atoms with Crippen LogP contribution < -0.4 is 15.3 Å². The van der Waals surface area contributed by atoms with Gasteiger partial charge in [-0.1, -0.05) is 59.6 Å². The summed E-state index contributed by atoms with van der Waals surface area (Å²) in [6.45, 7) is 20.9. The molecule has 0 aromatic rings. The Balaban J connectivity index is -0.000000118. The van der Waals surface area contributed by atoms with E-state index in [1.54, 1.807) is 52.7 Å². The summed E-state index contributed by atoms with van der Waals surface area (Å²) in [7, 11) is 0. The average molecular weight is 361 g/mol. The maximum absolute atomic E-state index is 9.53. The molecule has 135 valence electrons. The second kappa shape index (κ2) is 16.9. The van der Waals surface area contributed by atoms with Crippen LogP contribution in [0.5, 0.6) is 0 Å². The standard InChI is InChI=1S/C10H16.3C3H7O.Ti/c1-6-7(2)9(4)10(5)8(6)3;3*1-3(2)4;/h6H,1-5H3;3*3H,1-2H3;/q;3*-1;+3. The minimum atomic E-state index is -0.417. The molecule has 0 amide bonds. The minimum absolute atomic E-state index is 0. The Morgan fingerprint density at radius 1 is 0.609 bits per heavy atom. The van der Waals surface area contributed by atoms with E-state index in [9.17, 15) is 15.3 Å². The third kappa shape index (κ3) is 22.1. The Hall–Kier alpha value is 0.0743. The van der Waals surface area contributed by atoms with Gasteiger partial charge in [0.15, 0.2) is 0 Å². The van der Waals surface area contributed by atoms with Gasteiger partial charge in [-0.25, -0.2) is 0 Å². The van der Waals surface area contributed by atoms with Gasteiger partial charge in [0.25, 0.3) is 0 Å². The normalized spacial score (nSPS) is 14.0. The van der Waals surface area contributed by atoms with E-state index >= 15 is 0 Å². The van der Waals surface area contributed by atoms with Crippen molar-refractivity contribution < 1.29 is 37.0 Å². The molecule has 1 rings (SSSR count). The second-order valence-electron chi connectivity index (χ2n) is 6.48. The molecule has 0 saturated heterocycles. The van der Waals surface area contributed by atoms with Gasteiger partial charge in [0.1, 0.15) is 0 Å². The van der Waals surface area contributed by atoms with Gasteiger partial charge in [-0.05, 0) is 44.8 Å². The van der Waals surface area contributed by atoms with Gasteiger partial charge in [0.2, 0.25) is 0 Å². The molecule has 0 aromatic heterocycles. The van der Waals surface area contributed by atoms with E-state index in [2.05, 4.69) is 34.6 Å². The van der Waals surface area contributed by atoms with Gasteiger partial charge in [-0.3, -0.25) is 0 Å². The fraction of sp³-hybridized carbons (Fsp3) is 0.789. The third-order valence-corrected chi connectivity index (χ3v) is 3.04. The van der Waals surface area contributed by atoms with E-state index in [0.29, 0.717) is 5.92 Å². The van der Waals surface area contributed by atoms with Gasteiger partial charge in [-0.15, -0.1) is 18.3 Å². The van der Waals surface area contributed by atoms with Crippen LogP contribution in [0.1, 0.15) is 76.2 Å². The van der Waals surface area contributed by atoms with Crippen molar-refractivity contribution in [2.45, 2.75) is 94.5 Å². The van der Waals surface area contributed by atoms with Crippen LogP contribution in [0.25, 0.3) is 0 Å². The summed E-state index contributed by atoms with van der Waals surface area (Å²) in [6.07, 6.45) is -1.25. The van der Waals surface area contributed by atoms with Crippen LogP contribution in [0, 0.1) is 5.92 Å². The van der Waals surface area contributed by atoms with Crippen molar-refractivity contribution in [3.63, 3.8) is 0 Å². The summed E-state index contributed by atoms with van der Waals surface area (Å²) in [4.78, 5) is 0. The zero-order valence-corrected chi connectivity index (χ0v) is 18.6. The topological polar surface area (TPSA) is 69.2 Å². The summed E-state index contributed by atoms with van der Waals surface area (Å²) >= 11 is 0. The van der Waals surface area contributed by atoms with E-state index in [4.69, 9.17) is 0 Å². The van der Waals surface area contributed by atoms with Gasteiger partial charge in [0.05, 0.1) is 0 Å². The molecule has 0 spiro atoms. The molecule has 1 aliphatic carbocycles. The van der Waals surface area contributed by atoms with Crippen molar-refractivity contribution in [3.8, 4) is 0 Å². The maximum atomic E-state index is 9.53. The van der Waals surface area contributed by atoms with E-state index in [1.165, 1.54) is 11.1 Å². The number of allylic oxidation sites excluding steroid dienone is 4. The summed E-state index contributed by atoms with van der Waals surface area (Å²) < 4.78 is 0. The Kier molecular flexibility index (Phi) is 22.7. The van der Waals surface area contributed by atoms with Crippen molar-refractivity contribution in [2.75, 3.05) is 0 Å². The smallest absolute Gasteiger partial charge is 0.852 e. The predicted octanol–water partition coefficient (Wildman–Crippen LogP) is 2.57. The first-order valence-corrected chi connectivity index (χ1v) is 8.08. The predicted molar refractivity (Wildman–Crippen MR) is 91.3 cm³/mol. The van der Waals surface area contributed by atoms with Crippen LogP contribution in [0.2, 0.25) is 0 Å². The quantitative estimate of drug-likeness (QED) is 0.623. The van der Waals surface area contributed by atoms with E-state index in [0.717, 1.165) is 0 Å². The van der Waals surface area contributed by atoms with Gasteiger partial charge >= 0.3 is 21.7 Å². The summed E-state index contributed by atoms with van der Waals surface area (Å²) in [5, 5.41) is 28.6. The summed E-state index contributed by atoms with van der Waals surface area (Å²) in [6, 6.07) is 0. The molecule has 0 aliphatic heterocycles. The molecule has 4 heteroatoms. The zero-order chi connectivity index (χ0) is 18.6. The summed E-state index contributed by atoms with van der Waals surface area (Å²) in [5.41, 5.74) is 6.11. The number of hydrogen-bond donors (Lipinski definition) is 0. The Morgan fingerprint density at radius 3 is 0.783 bits per heavy atom. The third-order valence-electron chi connectivity index (χ3n) is 3.04. The van der Waals surface area contributed by atoms with Crippen LogP contribution in [-0.4, -0.2) is 18.3 Å². The van der Waals surface area contributed by atoms with Crippen LogP contribution in [-0.2, 0) is 21.7 Å². The monoisotopic (exact) mass is 361 g/mol. The Labute approximate surface area is 159 Å².